The Morgan fingerprint density at radius 1 is 1.14 bits per heavy atom. The van der Waals surface area contributed by atoms with Crippen LogP contribution in [0.4, 0.5) is 0 Å². The van der Waals surface area contributed by atoms with Crippen molar-refractivity contribution in [3.63, 3.8) is 0 Å². The fourth-order valence-corrected chi connectivity index (χ4v) is 3.34. The lowest BCUT2D eigenvalue weighted by Crippen LogP contribution is -2.09. The summed E-state index contributed by atoms with van der Waals surface area (Å²) >= 11 is 15.8. The summed E-state index contributed by atoms with van der Waals surface area (Å²) < 4.78 is 6.25. The summed E-state index contributed by atoms with van der Waals surface area (Å²) in [6.45, 7) is 3.73. The molecule has 0 bridgehead atoms. The van der Waals surface area contributed by atoms with Crippen LogP contribution in [0.2, 0.25) is 10.0 Å². The Labute approximate surface area is 142 Å². The van der Waals surface area contributed by atoms with Gasteiger partial charge in [0, 0.05) is 4.47 Å². The molecule has 110 valence electrons. The number of hydrogen-bond acceptors (Lipinski definition) is 2. The van der Waals surface area contributed by atoms with Crippen LogP contribution in [0.1, 0.15) is 27.0 Å². The quantitative estimate of drug-likeness (QED) is 0.639. The van der Waals surface area contributed by atoms with Crippen molar-refractivity contribution in [2.24, 2.45) is 0 Å². The number of halogens is 3. The number of aryl methyl sites for hydroxylation is 1. The zero-order valence-corrected chi connectivity index (χ0v) is 14.9. The molecule has 0 aromatic heterocycles. The molecule has 2 nitrogen and oxygen atoms in total. The van der Waals surface area contributed by atoms with Crippen LogP contribution in [0.3, 0.4) is 0 Å². The topological polar surface area (TPSA) is 26.3 Å². The number of carbonyl (C=O) groups is 1. The van der Waals surface area contributed by atoms with Gasteiger partial charge in [-0.25, -0.2) is 0 Å². The molecule has 0 N–H and O–H groups in total. The highest BCUT2D eigenvalue weighted by Gasteiger charge is 2.24. The first-order valence-electron chi connectivity index (χ1n) is 6.20. The third-order valence-electron chi connectivity index (χ3n) is 3.28. The molecule has 5 heteroatoms. The van der Waals surface area contributed by atoms with E-state index in [1.54, 1.807) is 25.3 Å². The SMILES string of the molecule is COc1c(C)cc(Br)c(C)c1C(=O)c1c(Cl)cccc1Cl. The normalized spacial score (nSPS) is 10.6. The number of benzene rings is 2. The number of ether oxygens (including phenoxy) is 1. The van der Waals surface area contributed by atoms with Crippen LogP contribution in [0.15, 0.2) is 28.7 Å². The molecule has 0 heterocycles. The van der Waals surface area contributed by atoms with Gasteiger partial charge in [-0.15, -0.1) is 0 Å². The van der Waals surface area contributed by atoms with E-state index < -0.39 is 0 Å². The van der Waals surface area contributed by atoms with Gasteiger partial charge >= 0.3 is 0 Å². The summed E-state index contributed by atoms with van der Waals surface area (Å²) in [5.74, 6) is 0.293. The molecule has 0 saturated heterocycles. The molecule has 2 aromatic carbocycles. The van der Waals surface area contributed by atoms with Crippen LogP contribution in [0.25, 0.3) is 0 Å². The van der Waals surface area contributed by atoms with Crippen molar-refractivity contribution in [1.29, 1.82) is 0 Å². The minimum Gasteiger partial charge on any atom is -0.496 e. The minimum absolute atomic E-state index is 0.246. The van der Waals surface area contributed by atoms with Crippen LogP contribution >= 0.6 is 39.1 Å². The van der Waals surface area contributed by atoms with Crippen molar-refractivity contribution in [2.75, 3.05) is 7.11 Å². The second-order valence-corrected chi connectivity index (χ2v) is 6.30. The van der Waals surface area contributed by atoms with Crippen molar-refractivity contribution in [3.05, 3.63) is 61.0 Å². The number of carbonyl (C=O) groups excluding carboxylic acids is 1. The van der Waals surface area contributed by atoms with Gasteiger partial charge in [-0.05, 0) is 43.2 Å². The fourth-order valence-electron chi connectivity index (χ4n) is 2.23. The van der Waals surface area contributed by atoms with E-state index in [9.17, 15) is 4.79 Å². The van der Waals surface area contributed by atoms with Crippen molar-refractivity contribution in [2.45, 2.75) is 13.8 Å². The average molecular weight is 388 g/mol. The van der Waals surface area contributed by atoms with Gasteiger partial charge in [0.25, 0.3) is 0 Å². The van der Waals surface area contributed by atoms with E-state index in [1.165, 1.54) is 0 Å². The van der Waals surface area contributed by atoms with Crippen molar-refractivity contribution < 1.29 is 9.53 Å². The average Bonchev–Trinajstić information content (AvgIpc) is 2.42. The molecular weight excluding hydrogens is 375 g/mol. The Hall–Kier alpha value is -1.03. The highest BCUT2D eigenvalue weighted by Crippen LogP contribution is 2.36. The summed E-state index contributed by atoms with van der Waals surface area (Å²) in [6, 6.07) is 6.91. The minimum atomic E-state index is -0.246. The van der Waals surface area contributed by atoms with Gasteiger partial charge in [0.15, 0.2) is 5.78 Å². The van der Waals surface area contributed by atoms with Crippen molar-refractivity contribution >= 4 is 44.9 Å². The summed E-state index contributed by atoms with van der Waals surface area (Å²) in [6.07, 6.45) is 0. The van der Waals surface area contributed by atoms with Crippen LogP contribution < -0.4 is 4.74 Å². The van der Waals surface area contributed by atoms with E-state index in [0.29, 0.717) is 26.9 Å². The first-order chi connectivity index (χ1) is 9.88. The zero-order valence-electron chi connectivity index (χ0n) is 11.8. The first kappa shape index (κ1) is 16.3. The monoisotopic (exact) mass is 386 g/mol. The van der Waals surface area contributed by atoms with E-state index in [2.05, 4.69) is 15.9 Å². The molecular formula is C16H13BrCl2O2. The fraction of sp³-hybridized carbons (Fsp3) is 0.188. The summed E-state index contributed by atoms with van der Waals surface area (Å²) in [4.78, 5) is 12.9. The Morgan fingerprint density at radius 2 is 1.71 bits per heavy atom. The van der Waals surface area contributed by atoms with Crippen LogP contribution in [0, 0.1) is 13.8 Å². The van der Waals surface area contributed by atoms with E-state index in [1.807, 2.05) is 19.9 Å². The molecule has 0 aliphatic heterocycles. The molecule has 0 fully saturated rings. The number of methoxy groups -OCH3 is 1. The van der Waals surface area contributed by atoms with E-state index in [0.717, 1.165) is 15.6 Å². The van der Waals surface area contributed by atoms with Crippen LogP contribution in [-0.4, -0.2) is 12.9 Å². The molecule has 0 saturated carbocycles. The lowest BCUT2D eigenvalue weighted by Gasteiger charge is -2.16. The molecule has 21 heavy (non-hydrogen) atoms. The number of hydrogen-bond donors (Lipinski definition) is 0. The molecule has 2 rings (SSSR count). The van der Waals surface area contributed by atoms with Gasteiger partial charge in [0.2, 0.25) is 0 Å². The van der Waals surface area contributed by atoms with Crippen molar-refractivity contribution in [1.82, 2.24) is 0 Å². The maximum absolute atomic E-state index is 12.9. The Kier molecular flexibility index (Phi) is 4.97. The van der Waals surface area contributed by atoms with Crippen LogP contribution in [0.5, 0.6) is 5.75 Å². The molecule has 0 aliphatic rings. The molecule has 0 unspecified atom stereocenters. The Balaban J connectivity index is 2.75. The molecule has 0 atom stereocenters. The lowest BCUT2D eigenvalue weighted by molar-refractivity contribution is 0.103. The lowest BCUT2D eigenvalue weighted by atomic mass is 9.95. The standard InChI is InChI=1S/C16H13BrCl2O2/c1-8-7-10(17)9(2)13(16(8)21-3)15(20)14-11(18)5-4-6-12(14)19/h4-7H,1-3H3. The van der Waals surface area contributed by atoms with Gasteiger partial charge in [-0.2, -0.15) is 0 Å². The zero-order chi connectivity index (χ0) is 15.7. The first-order valence-corrected chi connectivity index (χ1v) is 7.75. The van der Waals surface area contributed by atoms with Crippen molar-refractivity contribution in [3.8, 4) is 5.75 Å². The molecule has 0 radical (unpaired) electrons. The summed E-state index contributed by atoms with van der Waals surface area (Å²) in [5, 5.41) is 0.651. The molecule has 2 aromatic rings. The maximum Gasteiger partial charge on any atom is 0.200 e. The van der Waals surface area contributed by atoms with Gasteiger partial charge in [0.05, 0.1) is 28.3 Å². The number of ketones is 1. The third kappa shape index (κ3) is 2.96. The second-order valence-electron chi connectivity index (χ2n) is 4.63. The number of rotatable bonds is 3. The Bertz CT molecular complexity index is 706. The van der Waals surface area contributed by atoms with Gasteiger partial charge < -0.3 is 4.74 Å². The Morgan fingerprint density at radius 3 is 2.24 bits per heavy atom. The smallest absolute Gasteiger partial charge is 0.200 e. The van der Waals surface area contributed by atoms with Crippen LogP contribution in [-0.2, 0) is 0 Å². The predicted molar refractivity (Wildman–Crippen MR) is 90.1 cm³/mol. The maximum atomic E-state index is 12.9. The summed E-state index contributed by atoms with van der Waals surface area (Å²) in [5.41, 5.74) is 2.42. The third-order valence-corrected chi connectivity index (χ3v) is 4.74. The highest BCUT2D eigenvalue weighted by molar-refractivity contribution is 9.10. The molecule has 0 spiro atoms. The molecule has 0 amide bonds. The second kappa shape index (κ2) is 6.39. The van der Waals surface area contributed by atoms with E-state index in [4.69, 9.17) is 27.9 Å². The van der Waals surface area contributed by atoms with Gasteiger partial charge in [-0.1, -0.05) is 45.2 Å². The van der Waals surface area contributed by atoms with Gasteiger partial charge in [-0.3, -0.25) is 4.79 Å². The highest BCUT2D eigenvalue weighted by atomic mass is 79.9. The summed E-state index contributed by atoms with van der Waals surface area (Å²) in [7, 11) is 1.54. The largest absolute Gasteiger partial charge is 0.496 e. The predicted octanol–water partition coefficient (Wildman–Crippen LogP) is 5.61. The van der Waals surface area contributed by atoms with E-state index in [-0.39, 0.29) is 5.78 Å². The molecule has 0 aliphatic carbocycles. The van der Waals surface area contributed by atoms with E-state index >= 15 is 0 Å². The van der Waals surface area contributed by atoms with Gasteiger partial charge in [0.1, 0.15) is 5.75 Å².